The van der Waals surface area contributed by atoms with E-state index in [-0.39, 0.29) is 12.0 Å². The maximum atomic E-state index is 11.1. The number of carboxylic acid groups (broad SMARTS) is 1. The molecule has 0 amide bonds. The van der Waals surface area contributed by atoms with Crippen LogP contribution >= 0.6 is 0 Å². The van der Waals surface area contributed by atoms with Gasteiger partial charge in [-0.2, -0.15) is 0 Å². The molecule has 4 nitrogen and oxygen atoms in total. The van der Waals surface area contributed by atoms with E-state index in [2.05, 4.69) is 4.98 Å². The summed E-state index contributed by atoms with van der Waals surface area (Å²) < 4.78 is 2.03. The van der Waals surface area contributed by atoms with Crippen molar-refractivity contribution in [3.8, 4) is 0 Å². The normalized spacial score (nSPS) is 25.7. The molecule has 0 spiro atoms. The third-order valence-electron chi connectivity index (χ3n) is 3.44. The molecule has 0 bridgehead atoms. The molecule has 2 atom stereocenters. The lowest BCUT2D eigenvalue weighted by molar-refractivity contribution is -0.142. The average molecular weight is 208 g/mol. The maximum Gasteiger partial charge on any atom is 0.308 e. The second-order valence-corrected chi connectivity index (χ2v) is 4.27. The average Bonchev–Trinajstić information content (AvgIpc) is 2.75. The van der Waals surface area contributed by atoms with Crippen LogP contribution in [0.15, 0.2) is 6.33 Å². The Kier molecular flexibility index (Phi) is 2.50. The van der Waals surface area contributed by atoms with Crippen LogP contribution in [0.25, 0.3) is 0 Å². The summed E-state index contributed by atoms with van der Waals surface area (Å²) in [6.07, 6.45) is 4.51. The molecule has 0 radical (unpaired) electrons. The molecule has 0 aromatic carbocycles. The van der Waals surface area contributed by atoms with Crippen molar-refractivity contribution in [3.05, 3.63) is 17.7 Å². The Hall–Kier alpha value is -1.32. The summed E-state index contributed by atoms with van der Waals surface area (Å²) in [4.78, 5) is 15.3. The van der Waals surface area contributed by atoms with E-state index in [1.54, 1.807) is 6.33 Å². The summed E-state index contributed by atoms with van der Waals surface area (Å²) in [5.41, 5.74) is 2.08. The molecule has 1 heterocycles. The number of carboxylic acids is 1. The Morgan fingerprint density at radius 2 is 2.27 bits per heavy atom. The van der Waals surface area contributed by atoms with Gasteiger partial charge in [0, 0.05) is 11.7 Å². The van der Waals surface area contributed by atoms with Gasteiger partial charge in [0.15, 0.2) is 0 Å². The minimum atomic E-state index is -0.678. The van der Waals surface area contributed by atoms with Crippen LogP contribution < -0.4 is 0 Å². The first-order chi connectivity index (χ1) is 7.11. The number of aliphatic carboxylic acids is 1. The third kappa shape index (κ3) is 1.64. The molecule has 4 heteroatoms. The van der Waals surface area contributed by atoms with Gasteiger partial charge in [-0.15, -0.1) is 0 Å². The van der Waals surface area contributed by atoms with E-state index in [0.29, 0.717) is 0 Å². The lowest BCUT2D eigenvalue weighted by atomic mass is 10.0. The summed E-state index contributed by atoms with van der Waals surface area (Å²) in [5.74, 6) is -0.916. The molecule has 0 saturated heterocycles. The Morgan fingerprint density at radius 1 is 1.53 bits per heavy atom. The number of hydrogen-bond acceptors (Lipinski definition) is 2. The first-order valence-electron chi connectivity index (χ1n) is 5.34. The van der Waals surface area contributed by atoms with E-state index in [9.17, 15) is 4.79 Å². The van der Waals surface area contributed by atoms with Crippen LogP contribution in [0.3, 0.4) is 0 Å². The molecular formula is C11H16N2O2. The maximum absolute atomic E-state index is 11.1. The van der Waals surface area contributed by atoms with Crippen molar-refractivity contribution in [1.29, 1.82) is 0 Å². The van der Waals surface area contributed by atoms with E-state index >= 15 is 0 Å². The van der Waals surface area contributed by atoms with Crippen LogP contribution in [0, 0.1) is 19.8 Å². The topological polar surface area (TPSA) is 55.1 Å². The summed E-state index contributed by atoms with van der Waals surface area (Å²) in [6, 6.07) is 0.101. The Balaban J connectivity index is 2.30. The second-order valence-electron chi connectivity index (χ2n) is 4.27. The molecule has 1 saturated carbocycles. The fourth-order valence-electron chi connectivity index (χ4n) is 2.41. The molecule has 1 aliphatic carbocycles. The minimum absolute atomic E-state index is 0.101. The van der Waals surface area contributed by atoms with Gasteiger partial charge in [0.2, 0.25) is 0 Å². The number of aromatic nitrogens is 2. The lowest BCUT2D eigenvalue weighted by Crippen LogP contribution is -2.21. The smallest absolute Gasteiger partial charge is 0.308 e. The van der Waals surface area contributed by atoms with Crippen LogP contribution in [0.5, 0.6) is 0 Å². The molecule has 0 aliphatic heterocycles. The Labute approximate surface area is 88.9 Å². The number of carbonyl (C=O) groups is 1. The molecule has 1 aliphatic rings. The zero-order valence-corrected chi connectivity index (χ0v) is 9.10. The van der Waals surface area contributed by atoms with Crippen LogP contribution in [-0.4, -0.2) is 20.6 Å². The zero-order valence-electron chi connectivity index (χ0n) is 9.10. The van der Waals surface area contributed by atoms with Gasteiger partial charge in [-0.3, -0.25) is 4.79 Å². The standard InChI is InChI=1S/C11H16N2O2/c1-7-8(2)13(6-12-7)10-5-3-4-9(10)11(14)15/h6,9-10H,3-5H2,1-2H3,(H,14,15). The van der Waals surface area contributed by atoms with Gasteiger partial charge in [0.1, 0.15) is 0 Å². The fourth-order valence-corrected chi connectivity index (χ4v) is 2.41. The van der Waals surface area contributed by atoms with E-state index < -0.39 is 5.97 Å². The van der Waals surface area contributed by atoms with Gasteiger partial charge in [-0.1, -0.05) is 6.42 Å². The van der Waals surface area contributed by atoms with E-state index in [0.717, 1.165) is 30.7 Å². The summed E-state index contributed by atoms with van der Waals surface area (Å²) in [7, 11) is 0. The van der Waals surface area contributed by atoms with Crippen molar-refractivity contribution in [2.45, 2.75) is 39.2 Å². The van der Waals surface area contributed by atoms with Crippen molar-refractivity contribution < 1.29 is 9.90 Å². The van der Waals surface area contributed by atoms with Gasteiger partial charge in [-0.05, 0) is 26.7 Å². The molecule has 82 valence electrons. The van der Waals surface area contributed by atoms with Crippen LogP contribution in [0.4, 0.5) is 0 Å². The largest absolute Gasteiger partial charge is 0.481 e. The van der Waals surface area contributed by atoms with Crippen molar-refractivity contribution in [2.24, 2.45) is 5.92 Å². The SMILES string of the molecule is Cc1ncn(C2CCCC2C(=O)O)c1C. The summed E-state index contributed by atoms with van der Waals surface area (Å²) >= 11 is 0. The minimum Gasteiger partial charge on any atom is -0.481 e. The van der Waals surface area contributed by atoms with Gasteiger partial charge in [0.25, 0.3) is 0 Å². The molecule has 1 aromatic heterocycles. The van der Waals surface area contributed by atoms with Crippen LogP contribution in [0.2, 0.25) is 0 Å². The summed E-state index contributed by atoms with van der Waals surface area (Å²) in [6.45, 7) is 3.95. The number of aryl methyl sites for hydroxylation is 1. The van der Waals surface area contributed by atoms with Crippen molar-refractivity contribution in [2.75, 3.05) is 0 Å². The second kappa shape index (κ2) is 3.68. The first kappa shape index (κ1) is 10.2. The fraction of sp³-hybridized carbons (Fsp3) is 0.636. The highest BCUT2D eigenvalue weighted by Gasteiger charge is 2.34. The predicted molar refractivity (Wildman–Crippen MR) is 55.7 cm³/mol. The zero-order chi connectivity index (χ0) is 11.0. The molecule has 1 N–H and O–H groups in total. The number of nitrogens with zero attached hydrogens (tertiary/aromatic N) is 2. The molecule has 2 unspecified atom stereocenters. The van der Waals surface area contributed by atoms with Gasteiger partial charge < -0.3 is 9.67 Å². The molecular weight excluding hydrogens is 192 g/mol. The first-order valence-corrected chi connectivity index (χ1v) is 5.34. The van der Waals surface area contributed by atoms with Gasteiger partial charge >= 0.3 is 5.97 Å². The van der Waals surface area contributed by atoms with E-state index in [1.165, 1.54) is 0 Å². The van der Waals surface area contributed by atoms with Gasteiger partial charge in [-0.25, -0.2) is 4.98 Å². The number of hydrogen-bond donors (Lipinski definition) is 1. The van der Waals surface area contributed by atoms with Crippen molar-refractivity contribution in [3.63, 3.8) is 0 Å². The monoisotopic (exact) mass is 208 g/mol. The van der Waals surface area contributed by atoms with Crippen LogP contribution in [-0.2, 0) is 4.79 Å². The molecule has 1 fully saturated rings. The highest BCUT2D eigenvalue weighted by molar-refractivity contribution is 5.71. The molecule has 2 rings (SSSR count). The third-order valence-corrected chi connectivity index (χ3v) is 3.44. The van der Waals surface area contributed by atoms with Crippen LogP contribution in [0.1, 0.15) is 36.7 Å². The van der Waals surface area contributed by atoms with Crippen molar-refractivity contribution in [1.82, 2.24) is 9.55 Å². The predicted octanol–water partition coefficient (Wildman–Crippen LogP) is 1.93. The lowest BCUT2D eigenvalue weighted by Gasteiger charge is -2.19. The molecule has 1 aromatic rings. The highest BCUT2D eigenvalue weighted by Crippen LogP contribution is 2.36. The van der Waals surface area contributed by atoms with Gasteiger partial charge in [0.05, 0.1) is 17.9 Å². The van der Waals surface area contributed by atoms with E-state index in [1.807, 2.05) is 18.4 Å². The Bertz CT molecular complexity index is 384. The Morgan fingerprint density at radius 3 is 2.80 bits per heavy atom. The number of imidazole rings is 1. The van der Waals surface area contributed by atoms with Crippen molar-refractivity contribution >= 4 is 5.97 Å². The summed E-state index contributed by atoms with van der Waals surface area (Å²) in [5, 5.41) is 9.11. The quantitative estimate of drug-likeness (QED) is 0.807. The number of rotatable bonds is 2. The molecule has 15 heavy (non-hydrogen) atoms. The highest BCUT2D eigenvalue weighted by atomic mass is 16.4. The van der Waals surface area contributed by atoms with E-state index in [4.69, 9.17) is 5.11 Å².